The SMILES string of the molecule is N#CC1(N2CCNCC2)N(C(=O)O)N([N+](=O)[O-])C(N)(Cc2ccccc2)C1(c1ccccc1)N1CCCCC1. The van der Waals surface area contributed by atoms with Crippen LogP contribution in [0.2, 0.25) is 0 Å². The second-order valence-electron chi connectivity index (χ2n) is 10.4. The lowest BCUT2D eigenvalue weighted by atomic mass is 9.66. The molecule has 0 spiro atoms. The minimum absolute atomic E-state index is 0.0699. The van der Waals surface area contributed by atoms with Gasteiger partial charge in [0, 0.05) is 37.7 Å². The molecule has 2 aromatic rings. The van der Waals surface area contributed by atoms with E-state index in [9.17, 15) is 25.3 Å². The molecule has 5 rings (SSSR count). The number of piperidine rings is 1. The van der Waals surface area contributed by atoms with Crippen LogP contribution in [0.25, 0.3) is 0 Å². The lowest BCUT2D eigenvalue weighted by molar-refractivity contribution is -0.709. The first kappa shape index (κ1) is 26.8. The van der Waals surface area contributed by atoms with Crippen molar-refractivity contribution < 1.29 is 14.9 Å². The summed E-state index contributed by atoms with van der Waals surface area (Å²) in [5, 5.41) is 38.6. The van der Waals surface area contributed by atoms with Gasteiger partial charge in [-0.15, -0.1) is 5.01 Å². The molecule has 0 aromatic heterocycles. The van der Waals surface area contributed by atoms with Gasteiger partial charge in [-0.2, -0.15) is 5.26 Å². The fourth-order valence-corrected chi connectivity index (χ4v) is 7.05. The van der Waals surface area contributed by atoms with Crippen molar-refractivity contribution in [2.24, 2.45) is 5.73 Å². The minimum atomic E-state index is -2.05. The molecule has 3 fully saturated rings. The number of likely N-dealkylation sites (tertiary alicyclic amines) is 1. The van der Waals surface area contributed by atoms with Gasteiger partial charge in [0.05, 0.1) is 0 Å². The number of rotatable bonds is 6. The summed E-state index contributed by atoms with van der Waals surface area (Å²) in [6, 6.07) is 20.6. The standard InChI is InChI=1S/C27H34N8O4/c28-21-26(31-18-14-30-15-19-31)27(23-12-6-2-7-13-23,32-16-8-3-9-17-32)25(29,20-22-10-4-1-5-11-22)34(35(38)39)33(26)24(36)37/h1-2,4-7,10-13,30H,3,8-9,14-20,29H2,(H,36,37). The van der Waals surface area contributed by atoms with E-state index in [1.54, 1.807) is 4.90 Å². The predicted molar refractivity (Wildman–Crippen MR) is 142 cm³/mol. The summed E-state index contributed by atoms with van der Waals surface area (Å²) in [5.74, 6) is 0. The molecule has 2 aromatic carbocycles. The van der Waals surface area contributed by atoms with Gasteiger partial charge >= 0.3 is 6.09 Å². The number of amides is 1. The van der Waals surface area contributed by atoms with Crippen LogP contribution in [0.5, 0.6) is 0 Å². The van der Waals surface area contributed by atoms with E-state index in [-0.39, 0.29) is 6.42 Å². The Morgan fingerprint density at radius 2 is 1.59 bits per heavy atom. The van der Waals surface area contributed by atoms with Gasteiger partial charge < -0.3 is 10.4 Å². The van der Waals surface area contributed by atoms with Crippen LogP contribution in [-0.4, -0.2) is 86.8 Å². The van der Waals surface area contributed by atoms with Crippen LogP contribution in [0.3, 0.4) is 0 Å². The number of benzene rings is 2. The van der Waals surface area contributed by atoms with Crippen molar-refractivity contribution >= 4 is 6.09 Å². The summed E-state index contributed by atoms with van der Waals surface area (Å²) in [4.78, 5) is 30.0. The number of hydrazine groups is 2. The Kier molecular flexibility index (Phi) is 7.17. The summed E-state index contributed by atoms with van der Waals surface area (Å²) in [7, 11) is 0. The van der Waals surface area contributed by atoms with E-state index in [1.165, 1.54) is 0 Å². The van der Waals surface area contributed by atoms with Crippen molar-refractivity contribution in [3.8, 4) is 6.07 Å². The zero-order valence-corrected chi connectivity index (χ0v) is 21.8. The fourth-order valence-electron chi connectivity index (χ4n) is 7.05. The highest BCUT2D eigenvalue weighted by molar-refractivity contribution is 5.69. The number of carboxylic acid groups (broad SMARTS) is 1. The molecular weight excluding hydrogens is 500 g/mol. The number of nitrogens with zero attached hydrogens (tertiary/aromatic N) is 6. The van der Waals surface area contributed by atoms with Crippen molar-refractivity contribution in [1.29, 1.82) is 5.26 Å². The molecule has 0 saturated carbocycles. The monoisotopic (exact) mass is 534 g/mol. The smallest absolute Gasteiger partial charge is 0.433 e. The number of hydrogen-bond acceptors (Lipinski definition) is 8. The molecule has 3 saturated heterocycles. The van der Waals surface area contributed by atoms with Gasteiger partial charge in [0.2, 0.25) is 11.3 Å². The van der Waals surface area contributed by atoms with E-state index in [2.05, 4.69) is 16.3 Å². The fraction of sp³-hybridized carbons (Fsp3) is 0.481. The minimum Gasteiger partial charge on any atom is -0.463 e. The molecule has 3 atom stereocenters. The predicted octanol–water partition coefficient (Wildman–Crippen LogP) is 1.79. The third-order valence-corrected chi connectivity index (χ3v) is 8.39. The van der Waals surface area contributed by atoms with E-state index >= 15 is 0 Å². The molecule has 0 radical (unpaired) electrons. The zero-order valence-electron chi connectivity index (χ0n) is 21.8. The largest absolute Gasteiger partial charge is 0.463 e. The highest BCUT2D eigenvalue weighted by Gasteiger charge is 2.84. The van der Waals surface area contributed by atoms with Crippen molar-refractivity contribution in [3.63, 3.8) is 0 Å². The van der Waals surface area contributed by atoms with Gasteiger partial charge in [0.25, 0.3) is 0 Å². The zero-order chi connectivity index (χ0) is 27.7. The maximum absolute atomic E-state index is 13.2. The first-order chi connectivity index (χ1) is 18.8. The number of piperazine rings is 1. The van der Waals surface area contributed by atoms with Crippen LogP contribution in [-0.2, 0) is 12.0 Å². The van der Waals surface area contributed by atoms with Crippen molar-refractivity contribution in [2.75, 3.05) is 39.3 Å². The molecule has 3 aliphatic rings. The van der Waals surface area contributed by atoms with Gasteiger partial charge in [0.1, 0.15) is 11.6 Å². The van der Waals surface area contributed by atoms with E-state index in [0.29, 0.717) is 60.5 Å². The molecule has 1 amide bonds. The van der Waals surface area contributed by atoms with Crippen molar-refractivity contribution in [3.05, 3.63) is 81.9 Å². The number of nitriles is 1. The van der Waals surface area contributed by atoms with Crippen LogP contribution in [0, 0.1) is 21.4 Å². The molecule has 0 aliphatic carbocycles. The average molecular weight is 535 g/mol. The molecule has 206 valence electrons. The van der Waals surface area contributed by atoms with E-state index < -0.39 is 28.0 Å². The van der Waals surface area contributed by atoms with E-state index in [0.717, 1.165) is 19.3 Å². The van der Waals surface area contributed by atoms with Crippen LogP contribution in [0.4, 0.5) is 4.79 Å². The Morgan fingerprint density at radius 3 is 2.13 bits per heavy atom. The summed E-state index contributed by atoms with van der Waals surface area (Å²) in [6.07, 6.45) is 0.880. The summed E-state index contributed by atoms with van der Waals surface area (Å²) >= 11 is 0. The molecule has 12 heteroatoms. The molecule has 4 N–H and O–H groups in total. The van der Waals surface area contributed by atoms with Gasteiger partial charge in [-0.05, 0) is 37.1 Å². The molecule has 0 bridgehead atoms. The molecular formula is C27H34N8O4. The Labute approximate surface area is 227 Å². The third kappa shape index (κ3) is 3.84. The summed E-state index contributed by atoms with van der Waals surface area (Å²) < 4.78 is 0. The summed E-state index contributed by atoms with van der Waals surface area (Å²) in [5.41, 5.74) is 3.02. The van der Waals surface area contributed by atoms with Crippen molar-refractivity contribution in [2.45, 2.75) is 42.5 Å². The number of hydrogen-bond donors (Lipinski definition) is 3. The number of nitrogens with two attached hydrogens (primary N) is 1. The number of nitro groups is 1. The van der Waals surface area contributed by atoms with E-state index in [1.807, 2.05) is 60.7 Å². The quantitative estimate of drug-likeness (QED) is 0.369. The second kappa shape index (κ2) is 10.4. The van der Waals surface area contributed by atoms with Gasteiger partial charge in [-0.25, -0.2) is 14.9 Å². The average Bonchev–Trinajstić information content (AvgIpc) is 3.18. The van der Waals surface area contributed by atoms with Gasteiger partial charge in [0.15, 0.2) is 5.03 Å². The van der Waals surface area contributed by atoms with Crippen LogP contribution in [0.1, 0.15) is 30.4 Å². The van der Waals surface area contributed by atoms with Crippen LogP contribution >= 0.6 is 0 Å². The maximum Gasteiger partial charge on any atom is 0.433 e. The lowest BCUT2D eigenvalue weighted by Crippen LogP contribution is -2.79. The van der Waals surface area contributed by atoms with Crippen molar-refractivity contribution in [1.82, 2.24) is 25.2 Å². The molecule has 3 heterocycles. The van der Waals surface area contributed by atoms with E-state index in [4.69, 9.17) is 5.73 Å². The molecule has 3 unspecified atom stereocenters. The molecule has 12 nitrogen and oxygen atoms in total. The Balaban J connectivity index is 1.94. The first-order valence-electron chi connectivity index (χ1n) is 13.3. The lowest BCUT2D eigenvalue weighted by Gasteiger charge is -2.57. The highest BCUT2D eigenvalue weighted by Crippen LogP contribution is 2.59. The Bertz CT molecular complexity index is 1230. The second-order valence-corrected chi connectivity index (χ2v) is 10.4. The third-order valence-electron chi connectivity index (χ3n) is 8.39. The molecule has 3 aliphatic heterocycles. The molecule has 39 heavy (non-hydrogen) atoms. The van der Waals surface area contributed by atoms with Crippen LogP contribution in [0.15, 0.2) is 60.7 Å². The highest BCUT2D eigenvalue weighted by atomic mass is 16.7. The Hall–Kier alpha value is -3.76. The van der Waals surface area contributed by atoms with Crippen LogP contribution < -0.4 is 11.1 Å². The normalized spacial score (nSPS) is 30.2. The first-order valence-corrected chi connectivity index (χ1v) is 13.3. The summed E-state index contributed by atoms with van der Waals surface area (Å²) in [6.45, 7) is 2.64. The number of nitrogens with one attached hydrogen (secondary N) is 1. The van der Waals surface area contributed by atoms with Gasteiger partial charge in [-0.3, -0.25) is 15.5 Å². The Morgan fingerprint density at radius 1 is 1.00 bits per heavy atom. The van der Waals surface area contributed by atoms with Gasteiger partial charge in [-0.1, -0.05) is 67.1 Å². The maximum atomic E-state index is 13.2. The topological polar surface area (TPSA) is 155 Å². The number of carbonyl (C=O) groups is 1.